The third kappa shape index (κ3) is 3.43. The van der Waals surface area contributed by atoms with Crippen LogP contribution in [0.3, 0.4) is 0 Å². The summed E-state index contributed by atoms with van der Waals surface area (Å²) in [6, 6.07) is 2.36. The van der Waals surface area contributed by atoms with Crippen LogP contribution in [0, 0.1) is 5.82 Å². The number of anilines is 1. The van der Waals surface area contributed by atoms with Gasteiger partial charge in [-0.15, -0.1) is 11.3 Å². The van der Waals surface area contributed by atoms with Gasteiger partial charge in [0.15, 0.2) is 4.47 Å². The maximum Gasteiger partial charge on any atom is 0.336 e. The molecule has 0 aliphatic heterocycles. The molecule has 0 spiro atoms. The maximum absolute atomic E-state index is 13.7. The standard InChI is InChI=1S/C11H7BrClFN2O2S/c12-7-2-9(8(14)1-6(7)10(17)18)15-3-5-4-16-11(13)19-5/h1-2,4,15H,3H2,(H,17,18). The smallest absolute Gasteiger partial charge is 0.336 e. The number of benzene rings is 1. The van der Waals surface area contributed by atoms with Crippen LogP contribution in [0.4, 0.5) is 10.1 Å². The number of aromatic nitrogens is 1. The van der Waals surface area contributed by atoms with Crippen LogP contribution in [0.25, 0.3) is 0 Å². The fourth-order valence-corrected chi connectivity index (χ4v) is 2.82. The number of thiazole rings is 1. The van der Waals surface area contributed by atoms with Gasteiger partial charge in [0, 0.05) is 15.5 Å². The molecule has 2 N–H and O–H groups in total. The van der Waals surface area contributed by atoms with Gasteiger partial charge >= 0.3 is 5.97 Å². The van der Waals surface area contributed by atoms with Crippen LogP contribution >= 0.6 is 38.9 Å². The summed E-state index contributed by atoms with van der Waals surface area (Å²) < 4.78 is 14.4. The highest BCUT2D eigenvalue weighted by atomic mass is 79.9. The zero-order chi connectivity index (χ0) is 14.0. The van der Waals surface area contributed by atoms with Crippen molar-refractivity contribution in [2.24, 2.45) is 0 Å². The lowest BCUT2D eigenvalue weighted by atomic mass is 10.2. The van der Waals surface area contributed by atoms with Gasteiger partial charge in [0.2, 0.25) is 0 Å². The van der Waals surface area contributed by atoms with E-state index in [4.69, 9.17) is 16.7 Å². The highest BCUT2D eigenvalue weighted by molar-refractivity contribution is 9.10. The number of carboxylic acid groups (broad SMARTS) is 1. The maximum atomic E-state index is 13.7. The van der Waals surface area contributed by atoms with E-state index in [0.717, 1.165) is 10.9 Å². The molecule has 0 radical (unpaired) electrons. The number of nitrogens with zero attached hydrogens (tertiary/aromatic N) is 1. The number of rotatable bonds is 4. The number of halogens is 3. The molecule has 0 unspecified atom stereocenters. The Morgan fingerprint density at radius 2 is 2.32 bits per heavy atom. The Labute approximate surface area is 125 Å². The highest BCUT2D eigenvalue weighted by Gasteiger charge is 2.13. The van der Waals surface area contributed by atoms with E-state index >= 15 is 0 Å². The van der Waals surface area contributed by atoms with Crippen molar-refractivity contribution in [2.45, 2.75) is 6.54 Å². The van der Waals surface area contributed by atoms with Gasteiger partial charge in [0.1, 0.15) is 5.82 Å². The molecule has 0 aliphatic carbocycles. The topological polar surface area (TPSA) is 62.2 Å². The SMILES string of the molecule is O=C(O)c1cc(F)c(NCc2cnc(Cl)s2)cc1Br. The molecule has 0 bridgehead atoms. The molecule has 1 heterocycles. The number of aromatic carboxylic acids is 1. The van der Waals surface area contributed by atoms with Gasteiger partial charge in [0.25, 0.3) is 0 Å². The Hall–Kier alpha value is -1.18. The van der Waals surface area contributed by atoms with Crippen molar-refractivity contribution in [1.82, 2.24) is 4.98 Å². The summed E-state index contributed by atoms with van der Waals surface area (Å²) in [5.74, 6) is -1.82. The van der Waals surface area contributed by atoms with E-state index in [-0.39, 0.29) is 11.3 Å². The van der Waals surface area contributed by atoms with Crippen LogP contribution in [0.1, 0.15) is 15.2 Å². The molecule has 0 fully saturated rings. The molecule has 100 valence electrons. The second-order valence-corrected chi connectivity index (χ2v) is 6.10. The predicted octanol–water partition coefficient (Wildman–Crippen LogP) is 4.01. The number of carbonyl (C=O) groups is 1. The van der Waals surface area contributed by atoms with Crippen molar-refractivity contribution in [3.8, 4) is 0 Å². The first-order valence-corrected chi connectivity index (χ1v) is 7.02. The number of carboxylic acids is 1. The lowest BCUT2D eigenvalue weighted by Crippen LogP contribution is -2.04. The Morgan fingerprint density at radius 1 is 1.58 bits per heavy atom. The van der Waals surface area contributed by atoms with Crippen molar-refractivity contribution in [2.75, 3.05) is 5.32 Å². The van der Waals surface area contributed by atoms with Crippen molar-refractivity contribution >= 4 is 50.5 Å². The second kappa shape index (κ2) is 5.85. The minimum absolute atomic E-state index is 0.121. The summed E-state index contributed by atoms with van der Waals surface area (Å²) in [7, 11) is 0. The molecule has 0 amide bonds. The summed E-state index contributed by atoms with van der Waals surface area (Å²) in [5, 5.41) is 11.7. The molecule has 2 rings (SSSR count). The molecule has 2 aromatic rings. The van der Waals surface area contributed by atoms with Crippen molar-refractivity contribution < 1.29 is 14.3 Å². The van der Waals surface area contributed by atoms with Crippen molar-refractivity contribution in [1.29, 1.82) is 0 Å². The van der Waals surface area contributed by atoms with E-state index in [1.807, 2.05) is 0 Å². The molecule has 0 saturated carbocycles. The van der Waals surface area contributed by atoms with E-state index in [1.54, 1.807) is 6.20 Å². The monoisotopic (exact) mass is 364 g/mol. The molecular weight excluding hydrogens is 359 g/mol. The average Bonchev–Trinajstić information content (AvgIpc) is 2.75. The Balaban J connectivity index is 2.17. The van der Waals surface area contributed by atoms with Gasteiger partial charge in [-0.25, -0.2) is 14.2 Å². The molecule has 8 heteroatoms. The molecule has 1 aromatic carbocycles. The van der Waals surface area contributed by atoms with Crippen molar-refractivity contribution in [3.05, 3.63) is 43.5 Å². The van der Waals surface area contributed by atoms with Crippen LogP contribution in [-0.2, 0) is 6.54 Å². The number of nitrogens with one attached hydrogen (secondary N) is 1. The van der Waals surface area contributed by atoms with Crippen LogP contribution in [-0.4, -0.2) is 16.1 Å². The summed E-state index contributed by atoms with van der Waals surface area (Å²) in [4.78, 5) is 15.5. The fraction of sp³-hybridized carbons (Fsp3) is 0.0909. The van der Waals surface area contributed by atoms with Crippen molar-refractivity contribution in [3.63, 3.8) is 0 Å². The molecule has 1 aromatic heterocycles. The number of hydrogen-bond donors (Lipinski definition) is 2. The van der Waals surface area contributed by atoms with Gasteiger partial charge in [-0.2, -0.15) is 0 Å². The van der Waals surface area contributed by atoms with E-state index in [0.29, 0.717) is 15.5 Å². The van der Waals surface area contributed by atoms with Gasteiger partial charge < -0.3 is 10.4 Å². The van der Waals surface area contributed by atoms with Gasteiger partial charge in [-0.3, -0.25) is 0 Å². The minimum atomic E-state index is -1.19. The second-order valence-electron chi connectivity index (χ2n) is 3.55. The summed E-state index contributed by atoms with van der Waals surface area (Å²) >= 11 is 10.1. The lowest BCUT2D eigenvalue weighted by molar-refractivity contribution is 0.0695. The van der Waals surface area contributed by atoms with Crippen LogP contribution < -0.4 is 5.32 Å². The molecule has 19 heavy (non-hydrogen) atoms. The van der Waals surface area contributed by atoms with Crippen LogP contribution in [0.5, 0.6) is 0 Å². The third-order valence-electron chi connectivity index (χ3n) is 2.27. The Bertz CT molecular complexity index is 635. The zero-order valence-corrected chi connectivity index (χ0v) is 12.4. The molecule has 0 aliphatic rings. The number of hydrogen-bond acceptors (Lipinski definition) is 4. The Kier molecular flexibility index (Phi) is 4.38. The largest absolute Gasteiger partial charge is 0.478 e. The first-order valence-electron chi connectivity index (χ1n) is 5.04. The van der Waals surface area contributed by atoms with E-state index in [2.05, 4.69) is 26.2 Å². The molecule has 0 saturated heterocycles. The van der Waals surface area contributed by atoms with E-state index in [1.165, 1.54) is 17.4 Å². The molecule has 4 nitrogen and oxygen atoms in total. The fourth-order valence-electron chi connectivity index (χ4n) is 1.39. The van der Waals surface area contributed by atoms with E-state index in [9.17, 15) is 9.18 Å². The minimum Gasteiger partial charge on any atom is -0.478 e. The highest BCUT2D eigenvalue weighted by Crippen LogP contribution is 2.26. The van der Waals surface area contributed by atoms with Gasteiger partial charge in [0.05, 0.1) is 17.8 Å². The lowest BCUT2D eigenvalue weighted by Gasteiger charge is -2.08. The summed E-state index contributed by atoms with van der Waals surface area (Å²) in [6.45, 7) is 0.361. The summed E-state index contributed by atoms with van der Waals surface area (Å²) in [6.07, 6.45) is 1.60. The first-order chi connectivity index (χ1) is 8.97. The average molecular weight is 366 g/mol. The normalized spacial score (nSPS) is 10.5. The van der Waals surface area contributed by atoms with E-state index < -0.39 is 11.8 Å². The predicted molar refractivity (Wildman–Crippen MR) is 75.5 cm³/mol. The zero-order valence-electron chi connectivity index (χ0n) is 9.28. The molecular formula is C11H7BrClFN2O2S. The molecule has 0 atom stereocenters. The van der Waals surface area contributed by atoms with Gasteiger partial charge in [-0.05, 0) is 28.1 Å². The van der Waals surface area contributed by atoms with Crippen LogP contribution in [0.15, 0.2) is 22.8 Å². The first kappa shape index (κ1) is 14.2. The van der Waals surface area contributed by atoms with Gasteiger partial charge in [-0.1, -0.05) is 11.6 Å². The van der Waals surface area contributed by atoms with Crippen LogP contribution in [0.2, 0.25) is 4.47 Å². The summed E-state index contributed by atoms with van der Waals surface area (Å²) in [5.41, 5.74) is 0.0882. The quantitative estimate of drug-likeness (QED) is 0.859. The third-order valence-corrected chi connectivity index (χ3v) is 4.04. The Morgan fingerprint density at radius 3 is 2.89 bits per heavy atom.